The second-order valence-electron chi connectivity index (χ2n) is 7.40. The Kier molecular flexibility index (Phi) is 6.48. The summed E-state index contributed by atoms with van der Waals surface area (Å²) in [7, 11) is 0. The predicted octanol–water partition coefficient (Wildman–Crippen LogP) is 3.31. The first kappa shape index (κ1) is 21.3. The van der Waals surface area contributed by atoms with Crippen LogP contribution < -0.4 is 4.74 Å². The number of rotatable bonds is 6. The summed E-state index contributed by atoms with van der Waals surface area (Å²) in [5.74, 6) is 1.33. The molecule has 9 heteroatoms. The van der Waals surface area contributed by atoms with Crippen molar-refractivity contribution in [2.24, 2.45) is 0 Å². The maximum atomic E-state index is 12.9. The number of aromatic nitrogens is 4. The molecule has 1 saturated heterocycles. The number of nitrogens with zero attached hydrogens (tertiary/aromatic N) is 4. The molecule has 1 N–H and O–H groups in total. The molecule has 8 nitrogen and oxygen atoms in total. The van der Waals surface area contributed by atoms with Crippen LogP contribution in [0.2, 0.25) is 5.02 Å². The largest absolute Gasteiger partial charge is 0.493 e. The van der Waals surface area contributed by atoms with E-state index in [1.807, 2.05) is 32.0 Å². The Labute approximate surface area is 185 Å². The number of nitrogens with one attached hydrogen (secondary N) is 1. The number of H-pyrrole nitrogens is 1. The number of amides is 1. The van der Waals surface area contributed by atoms with Crippen molar-refractivity contribution in [3.8, 4) is 5.75 Å². The van der Waals surface area contributed by atoms with E-state index >= 15 is 0 Å². The fourth-order valence-electron chi connectivity index (χ4n) is 3.46. The molecule has 1 unspecified atom stereocenters. The maximum Gasteiger partial charge on any atom is 0.257 e. The first-order chi connectivity index (χ1) is 15.0. The van der Waals surface area contributed by atoms with Gasteiger partial charge in [0.25, 0.3) is 5.91 Å². The summed E-state index contributed by atoms with van der Waals surface area (Å²) in [6.07, 6.45) is 1.98. The molecule has 4 rings (SSSR count). The van der Waals surface area contributed by atoms with Gasteiger partial charge in [-0.2, -0.15) is 5.10 Å². The van der Waals surface area contributed by atoms with E-state index in [0.29, 0.717) is 54.8 Å². The van der Waals surface area contributed by atoms with Gasteiger partial charge >= 0.3 is 0 Å². The number of hydrogen-bond acceptors (Lipinski definition) is 6. The molecule has 0 saturated carbocycles. The lowest BCUT2D eigenvalue weighted by Crippen LogP contribution is -2.42. The Balaban J connectivity index is 1.34. The zero-order valence-electron chi connectivity index (χ0n) is 17.5. The first-order valence-electron chi connectivity index (χ1n) is 10.1. The van der Waals surface area contributed by atoms with Crippen molar-refractivity contribution in [3.05, 3.63) is 70.0 Å². The van der Waals surface area contributed by atoms with E-state index in [9.17, 15) is 4.79 Å². The number of ether oxygens (including phenoxy) is 2. The van der Waals surface area contributed by atoms with Gasteiger partial charge in [-0.3, -0.25) is 9.89 Å². The van der Waals surface area contributed by atoms with E-state index < -0.39 is 0 Å². The Morgan fingerprint density at radius 2 is 2.13 bits per heavy atom. The van der Waals surface area contributed by atoms with Crippen LogP contribution in [0.25, 0.3) is 0 Å². The quantitative estimate of drug-likeness (QED) is 0.630. The topological polar surface area (TPSA) is 93.2 Å². The molecule has 31 heavy (non-hydrogen) atoms. The molecule has 1 amide bonds. The summed E-state index contributed by atoms with van der Waals surface area (Å²) < 4.78 is 11.6. The van der Waals surface area contributed by atoms with Gasteiger partial charge in [0.1, 0.15) is 17.7 Å². The summed E-state index contributed by atoms with van der Waals surface area (Å²) >= 11 is 5.89. The van der Waals surface area contributed by atoms with Crippen molar-refractivity contribution in [2.45, 2.75) is 26.4 Å². The second-order valence-corrected chi connectivity index (χ2v) is 7.83. The van der Waals surface area contributed by atoms with E-state index in [1.165, 1.54) is 0 Å². The van der Waals surface area contributed by atoms with Gasteiger partial charge < -0.3 is 14.4 Å². The average Bonchev–Trinajstić information content (AvgIpc) is 3.24. The van der Waals surface area contributed by atoms with Gasteiger partial charge in [0, 0.05) is 29.9 Å². The van der Waals surface area contributed by atoms with Crippen LogP contribution in [0.15, 0.2) is 36.5 Å². The number of benzene rings is 1. The standard InChI is InChI=1S/C22H24ClN5O3/c1-14-19(12-24-15(2)25-14)22(29)28-8-10-31-21(13-28)20-11-17(26-27-20)7-9-30-18-5-3-16(23)4-6-18/h3-6,11-12,21H,7-10,13H2,1-2H3,(H,26,27). The minimum atomic E-state index is -0.286. The number of morpholine rings is 1. The molecular weight excluding hydrogens is 418 g/mol. The van der Waals surface area contributed by atoms with Gasteiger partial charge in [0.05, 0.1) is 36.7 Å². The van der Waals surface area contributed by atoms with Crippen LogP contribution in [-0.2, 0) is 11.2 Å². The highest BCUT2D eigenvalue weighted by Crippen LogP contribution is 2.23. The molecule has 0 bridgehead atoms. The van der Waals surface area contributed by atoms with E-state index in [0.717, 1.165) is 17.1 Å². The number of halogens is 1. The molecule has 0 spiro atoms. The average molecular weight is 442 g/mol. The third kappa shape index (κ3) is 5.21. The van der Waals surface area contributed by atoms with Crippen LogP contribution in [0.4, 0.5) is 0 Å². The number of aromatic amines is 1. The van der Waals surface area contributed by atoms with Crippen LogP contribution >= 0.6 is 11.6 Å². The van der Waals surface area contributed by atoms with Crippen LogP contribution in [-0.4, -0.2) is 57.3 Å². The molecule has 0 radical (unpaired) electrons. The third-order valence-electron chi connectivity index (χ3n) is 5.12. The summed E-state index contributed by atoms with van der Waals surface area (Å²) in [6.45, 7) is 5.54. The number of carbonyl (C=O) groups is 1. The highest BCUT2D eigenvalue weighted by Gasteiger charge is 2.28. The van der Waals surface area contributed by atoms with Gasteiger partial charge in [-0.15, -0.1) is 0 Å². The molecule has 3 aromatic rings. The Morgan fingerprint density at radius 3 is 2.90 bits per heavy atom. The van der Waals surface area contributed by atoms with Crippen molar-refractivity contribution < 1.29 is 14.3 Å². The van der Waals surface area contributed by atoms with Crippen molar-refractivity contribution in [1.82, 2.24) is 25.1 Å². The number of carbonyl (C=O) groups excluding carboxylic acids is 1. The third-order valence-corrected chi connectivity index (χ3v) is 5.37. The fraction of sp³-hybridized carbons (Fsp3) is 0.364. The number of hydrogen-bond donors (Lipinski definition) is 1. The number of aryl methyl sites for hydroxylation is 2. The van der Waals surface area contributed by atoms with E-state index in [1.54, 1.807) is 23.2 Å². The first-order valence-corrected chi connectivity index (χ1v) is 10.5. The van der Waals surface area contributed by atoms with E-state index in [-0.39, 0.29) is 12.0 Å². The van der Waals surface area contributed by atoms with Gasteiger partial charge in [0.15, 0.2) is 0 Å². The molecule has 1 atom stereocenters. The summed E-state index contributed by atoms with van der Waals surface area (Å²) in [4.78, 5) is 23.2. The minimum Gasteiger partial charge on any atom is -0.493 e. The molecular formula is C22H24ClN5O3. The maximum absolute atomic E-state index is 12.9. The van der Waals surface area contributed by atoms with E-state index in [2.05, 4.69) is 20.2 Å². The van der Waals surface area contributed by atoms with Crippen molar-refractivity contribution in [1.29, 1.82) is 0 Å². The Morgan fingerprint density at radius 1 is 1.32 bits per heavy atom. The highest BCUT2D eigenvalue weighted by molar-refractivity contribution is 6.30. The normalized spacial score (nSPS) is 16.4. The SMILES string of the molecule is Cc1ncc(C(=O)N2CCOC(c3cc(CCOc4ccc(Cl)cc4)[nH]n3)C2)c(C)n1. The molecule has 1 aliphatic heterocycles. The van der Waals surface area contributed by atoms with Crippen LogP contribution in [0.1, 0.15) is 39.4 Å². The molecule has 162 valence electrons. The summed E-state index contributed by atoms with van der Waals surface area (Å²) in [6, 6.07) is 9.22. The molecule has 0 aliphatic carbocycles. The van der Waals surface area contributed by atoms with Gasteiger partial charge in [-0.05, 0) is 44.2 Å². The summed E-state index contributed by atoms with van der Waals surface area (Å²) in [5, 5.41) is 8.10. The smallest absolute Gasteiger partial charge is 0.257 e. The fourth-order valence-corrected chi connectivity index (χ4v) is 3.58. The Bertz CT molecular complexity index is 1050. The lowest BCUT2D eigenvalue weighted by molar-refractivity contribution is -0.0248. The zero-order chi connectivity index (χ0) is 21.8. The lowest BCUT2D eigenvalue weighted by Gasteiger charge is -2.32. The minimum absolute atomic E-state index is 0.0853. The predicted molar refractivity (Wildman–Crippen MR) is 115 cm³/mol. The van der Waals surface area contributed by atoms with Crippen LogP contribution in [0.3, 0.4) is 0 Å². The monoisotopic (exact) mass is 441 g/mol. The lowest BCUT2D eigenvalue weighted by atomic mass is 10.1. The van der Waals surface area contributed by atoms with Crippen molar-refractivity contribution in [3.63, 3.8) is 0 Å². The van der Waals surface area contributed by atoms with Gasteiger partial charge in [-0.1, -0.05) is 11.6 Å². The van der Waals surface area contributed by atoms with Crippen LogP contribution in [0, 0.1) is 13.8 Å². The Hall–Kier alpha value is -2.97. The van der Waals surface area contributed by atoms with Crippen molar-refractivity contribution in [2.75, 3.05) is 26.3 Å². The molecule has 1 aromatic carbocycles. The van der Waals surface area contributed by atoms with Crippen molar-refractivity contribution >= 4 is 17.5 Å². The summed E-state index contributed by atoms with van der Waals surface area (Å²) in [5.41, 5.74) is 2.92. The van der Waals surface area contributed by atoms with Gasteiger partial charge in [0.2, 0.25) is 0 Å². The zero-order valence-corrected chi connectivity index (χ0v) is 18.2. The molecule has 1 aliphatic rings. The molecule has 1 fully saturated rings. The highest BCUT2D eigenvalue weighted by atomic mass is 35.5. The molecule has 2 aromatic heterocycles. The van der Waals surface area contributed by atoms with Crippen LogP contribution in [0.5, 0.6) is 5.75 Å². The van der Waals surface area contributed by atoms with E-state index in [4.69, 9.17) is 21.1 Å². The van der Waals surface area contributed by atoms with Gasteiger partial charge in [-0.25, -0.2) is 9.97 Å². The second kappa shape index (κ2) is 9.45. The molecule has 3 heterocycles.